The second-order valence-corrected chi connectivity index (χ2v) is 3.74. The summed E-state index contributed by atoms with van der Waals surface area (Å²) < 4.78 is 6.23. The number of rotatable bonds is 2. The van der Waals surface area contributed by atoms with Crippen molar-refractivity contribution in [2.75, 3.05) is 6.61 Å². The first kappa shape index (κ1) is 8.78. The van der Waals surface area contributed by atoms with Crippen LogP contribution >= 0.6 is 15.9 Å². The molecule has 0 atom stereocenters. The van der Waals surface area contributed by atoms with Gasteiger partial charge in [-0.3, -0.25) is 0 Å². The molecule has 0 saturated carbocycles. The number of aliphatic hydroxyl groups excluding tert-OH is 1. The summed E-state index contributed by atoms with van der Waals surface area (Å²) in [7, 11) is 0. The molecule has 2 aromatic rings. The molecule has 68 valence electrons. The quantitative estimate of drug-likeness (QED) is 0.876. The highest BCUT2D eigenvalue weighted by Crippen LogP contribution is 2.26. The van der Waals surface area contributed by atoms with E-state index in [4.69, 9.17) is 9.52 Å². The van der Waals surface area contributed by atoms with Gasteiger partial charge in [-0.05, 0) is 40.0 Å². The number of benzene rings is 1. The first-order valence-electron chi connectivity index (χ1n) is 4.08. The summed E-state index contributed by atoms with van der Waals surface area (Å²) in [6.07, 6.45) is 2.36. The smallest absolute Gasteiger partial charge is 0.135 e. The van der Waals surface area contributed by atoms with Gasteiger partial charge in [-0.1, -0.05) is 6.07 Å². The maximum atomic E-state index is 8.78. The van der Waals surface area contributed by atoms with Crippen molar-refractivity contribution in [3.05, 3.63) is 34.5 Å². The Morgan fingerprint density at radius 2 is 2.23 bits per heavy atom. The van der Waals surface area contributed by atoms with Gasteiger partial charge in [-0.25, -0.2) is 0 Å². The van der Waals surface area contributed by atoms with Gasteiger partial charge in [-0.2, -0.15) is 0 Å². The number of fused-ring (bicyclic) bond motifs is 1. The van der Waals surface area contributed by atoms with Gasteiger partial charge in [0.2, 0.25) is 0 Å². The van der Waals surface area contributed by atoms with Crippen molar-refractivity contribution in [1.29, 1.82) is 0 Å². The Morgan fingerprint density at radius 1 is 1.38 bits per heavy atom. The minimum absolute atomic E-state index is 0.182. The topological polar surface area (TPSA) is 33.4 Å². The summed E-state index contributed by atoms with van der Waals surface area (Å²) in [5.41, 5.74) is 1.99. The van der Waals surface area contributed by atoms with Crippen molar-refractivity contribution >= 4 is 26.9 Å². The predicted octanol–water partition coefficient (Wildman–Crippen LogP) is 2.73. The monoisotopic (exact) mass is 240 g/mol. The van der Waals surface area contributed by atoms with Crippen LogP contribution in [0.3, 0.4) is 0 Å². The minimum Gasteiger partial charge on any atom is -0.463 e. The van der Waals surface area contributed by atoms with E-state index in [0.29, 0.717) is 6.42 Å². The van der Waals surface area contributed by atoms with Crippen molar-refractivity contribution in [2.45, 2.75) is 6.42 Å². The zero-order valence-electron chi connectivity index (χ0n) is 6.96. The average Bonchev–Trinajstić information content (AvgIpc) is 2.49. The summed E-state index contributed by atoms with van der Waals surface area (Å²) in [6.45, 7) is 0.182. The van der Waals surface area contributed by atoms with Crippen LogP contribution in [-0.4, -0.2) is 11.7 Å². The van der Waals surface area contributed by atoms with Crippen LogP contribution in [0.2, 0.25) is 0 Å². The van der Waals surface area contributed by atoms with Gasteiger partial charge in [0.05, 0.1) is 4.47 Å². The first-order valence-corrected chi connectivity index (χ1v) is 4.87. The molecule has 0 unspecified atom stereocenters. The number of halogens is 1. The van der Waals surface area contributed by atoms with Gasteiger partial charge in [0, 0.05) is 12.0 Å². The molecular formula is C10H9BrO2. The Labute approximate surface area is 84.3 Å². The summed E-state index contributed by atoms with van der Waals surface area (Å²) >= 11 is 3.40. The van der Waals surface area contributed by atoms with Crippen LogP contribution in [0.5, 0.6) is 0 Å². The zero-order valence-corrected chi connectivity index (χ0v) is 8.54. The summed E-state index contributed by atoms with van der Waals surface area (Å²) in [5, 5.41) is 9.84. The fourth-order valence-corrected chi connectivity index (χ4v) is 1.73. The van der Waals surface area contributed by atoms with Crippen LogP contribution in [0.25, 0.3) is 11.0 Å². The Morgan fingerprint density at radius 3 is 3.00 bits per heavy atom. The molecule has 1 N–H and O–H groups in total. The highest BCUT2D eigenvalue weighted by Gasteiger charge is 2.03. The predicted molar refractivity (Wildman–Crippen MR) is 54.7 cm³/mol. The van der Waals surface area contributed by atoms with Crippen LogP contribution in [0, 0.1) is 0 Å². The maximum absolute atomic E-state index is 8.78. The van der Waals surface area contributed by atoms with E-state index in [1.165, 1.54) is 0 Å². The van der Waals surface area contributed by atoms with E-state index in [0.717, 1.165) is 21.0 Å². The zero-order chi connectivity index (χ0) is 9.26. The van der Waals surface area contributed by atoms with E-state index in [1.54, 1.807) is 6.26 Å². The molecular weight excluding hydrogens is 232 g/mol. The molecule has 2 nitrogen and oxygen atoms in total. The minimum atomic E-state index is 0.182. The Balaban J connectivity index is 2.53. The van der Waals surface area contributed by atoms with Crippen LogP contribution in [-0.2, 0) is 6.42 Å². The molecule has 1 aromatic carbocycles. The summed E-state index contributed by atoms with van der Waals surface area (Å²) in [6, 6.07) is 5.92. The van der Waals surface area contributed by atoms with Crippen molar-refractivity contribution in [3.8, 4) is 0 Å². The van der Waals surface area contributed by atoms with E-state index in [2.05, 4.69) is 15.9 Å². The average molecular weight is 241 g/mol. The third-order valence-corrected chi connectivity index (χ3v) is 2.61. The summed E-state index contributed by atoms with van der Waals surface area (Å²) in [4.78, 5) is 0. The van der Waals surface area contributed by atoms with Crippen molar-refractivity contribution in [1.82, 2.24) is 0 Å². The van der Waals surface area contributed by atoms with Crippen molar-refractivity contribution in [2.24, 2.45) is 0 Å². The van der Waals surface area contributed by atoms with Gasteiger partial charge in [0.25, 0.3) is 0 Å². The van der Waals surface area contributed by atoms with Crippen LogP contribution in [0.15, 0.2) is 33.4 Å². The Kier molecular flexibility index (Phi) is 2.38. The molecule has 0 aliphatic rings. The largest absolute Gasteiger partial charge is 0.463 e. The summed E-state index contributed by atoms with van der Waals surface area (Å²) in [5.74, 6) is 0. The fraction of sp³-hybridized carbons (Fsp3) is 0.200. The van der Waals surface area contributed by atoms with Gasteiger partial charge < -0.3 is 9.52 Å². The molecule has 2 rings (SSSR count). The van der Waals surface area contributed by atoms with E-state index >= 15 is 0 Å². The second-order valence-electron chi connectivity index (χ2n) is 2.89. The molecule has 0 amide bonds. The molecule has 0 saturated heterocycles. The molecule has 0 spiro atoms. The lowest BCUT2D eigenvalue weighted by Gasteiger charge is -1.97. The SMILES string of the molecule is OCCc1ccc2occ(Br)c2c1. The lowest BCUT2D eigenvalue weighted by molar-refractivity contribution is 0.299. The lowest BCUT2D eigenvalue weighted by Crippen LogP contribution is -1.89. The third-order valence-electron chi connectivity index (χ3n) is 1.99. The van der Waals surface area contributed by atoms with Gasteiger partial charge in [-0.15, -0.1) is 0 Å². The van der Waals surface area contributed by atoms with Gasteiger partial charge in [0.1, 0.15) is 11.8 Å². The van der Waals surface area contributed by atoms with Gasteiger partial charge in [0.15, 0.2) is 0 Å². The normalized spacial score (nSPS) is 10.9. The number of hydrogen-bond acceptors (Lipinski definition) is 2. The third kappa shape index (κ3) is 1.62. The lowest BCUT2D eigenvalue weighted by atomic mass is 10.1. The Hall–Kier alpha value is -0.800. The Bertz CT molecular complexity index is 420. The first-order chi connectivity index (χ1) is 6.31. The molecule has 1 heterocycles. The van der Waals surface area contributed by atoms with Crippen LogP contribution in [0.1, 0.15) is 5.56 Å². The van der Waals surface area contributed by atoms with E-state index in [-0.39, 0.29) is 6.61 Å². The van der Waals surface area contributed by atoms with Crippen molar-refractivity contribution in [3.63, 3.8) is 0 Å². The molecule has 13 heavy (non-hydrogen) atoms. The molecule has 3 heteroatoms. The molecule has 1 aromatic heterocycles. The van der Waals surface area contributed by atoms with Crippen LogP contribution in [0.4, 0.5) is 0 Å². The van der Waals surface area contributed by atoms with Crippen molar-refractivity contribution < 1.29 is 9.52 Å². The van der Waals surface area contributed by atoms with E-state index in [9.17, 15) is 0 Å². The van der Waals surface area contributed by atoms with Gasteiger partial charge >= 0.3 is 0 Å². The molecule has 0 aliphatic carbocycles. The van der Waals surface area contributed by atoms with Crippen LogP contribution < -0.4 is 0 Å². The van der Waals surface area contributed by atoms with E-state index < -0.39 is 0 Å². The molecule has 0 bridgehead atoms. The molecule has 0 aliphatic heterocycles. The molecule has 0 radical (unpaired) electrons. The maximum Gasteiger partial charge on any atom is 0.135 e. The second kappa shape index (κ2) is 3.52. The fourth-order valence-electron chi connectivity index (χ4n) is 1.33. The highest BCUT2D eigenvalue weighted by atomic mass is 79.9. The number of furan rings is 1. The standard InChI is InChI=1S/C10H9BrO2/c11-9-6-13-10-2-1-7(3-4-12)5-8(9)10/h1-2,5-6,12H,3-4H2. The number of aliphatic hydroxyl groups is 1. The number of hydrogen-bond donors (Lipinski definition) is 1. The van der Waals surface area contributed by atoms with E-state index in [1.807, 2.05) is 18.2 Å². The highest BCUT2D eigenvalue weighted by molar-refractivity contribution is 9.10. The molecule has 0 fully saturated rings.